The van der Waals surface area contributed by atoms with Crippen LogP contribution in [0.15, 0.2) is 94.7 Å². The zero-order valence-electron chi connectivity index (χ0n) is 27.1. The molecule has 3 aromatic carbocycles. The molecule has 2 aromatic heterocycles. The Morgan fingerprint density at radius 1 is 0.958 bits per heavy atom. The molecule has 0 aliphatic rings. The summed E-state index contributed by atoms with van der Waals surface area (Å²) in [5.74, 6) is -0.867. The van der Waals surface area contributed by atoms with Gasteiger partial charge in [0.25, 0.3) is 15.6 Å². The number of aryl methyl sites for hydroxylation is 2. The number of benzene rings is 3. The van der Waals surface area contributed by atoms with Gasteiger partial charge in [-0.2, -0.15) is 0 Å². The van der Waals surface area contributed by atoms with E-state index in [1.54, 1.807) is 55.2 Å². The van der Waals surface area contributed by atoms with Gasteiger partial charge in [-0.1, -0.05) is 74.0 Å². The summed E-state index contributed by atoms with van der Waals surface area (Å²) >= 11 is 0. The molecule has 0 unspecified atom stereocenters. The molecule has 0 saturated carbocycles. The molecule has 0 saturated heterocycles. The Morgan fingerprint density at radius 2 is 1.69 bits per heavy atom. The van der Waals surface area contributed by atoms with Crippen molar-refractivity contribution in [2.75, 3.05) is 14.1 Å². The fraction of sp³-hybridized carbons (Fsp3) is 0.278. The Labute approximate surface area is 278 Å². The van der Waals surface area contributed by atoms with E-state index in [1.165, 1.54) is 27.7 Å². The summed E-state index contributed by atoms with van der Waals surface area (Å²) in [4.78, 5) is 44.5. The lowest BCUT2D eigenvalue weighted by atomic mass is 10.0. The number of nitrogens with zero attached hydrogens (tertiary/aromatic N) is 4. The number of nitrogens with one attached hydrogen (secondary N) is 1. The predicted molar refractivity (Wildman–Crippen MR) is 182 cm³/mol. The third-order valence-corrected chi connectivity index (χ3v) is 9.54. The van der Waals surface area contributed by atoms with Crippen molar-refractivity contribution < 1.29 is 22.4 Å². The number of likely N-dealkylation sites (N-methyl/N-ethyl adjacent to an activating group) is 1. The van der Waals surface area contributed by atoms with Crippen molar-refractivity contribution in [1.82, 2.24) is 23.7 Å². The van der Waals surface area contributed by atoms with Crippen LogP contribution in [0, 0.1) is 5.82 Å². The molecule has 0 fully saturated rings. The number of hydrogen-bond acceptors (Lipinski definition) is 6. The molecule has 250 valence electrons. The van der Waals surface area contributed by atoms with Crippen molar-refractivity contribution in [3.8, 4) is 11.1 Å². The SMILES string of the molecule is CCCCc1nc2ccn(CC(=O)N(C)C)c(=O)c2n1Cc1ccc(-c2ccccc2S(=O)(=O)NC(=O)CCc2ccccc2)cc1F. The minimum atomic E-state index is -4.27. The van der Waals surface area contributed by atoms with Crippen molar-refractivity contribution in [3.63, 3.8) is 0 Å². The first kappa shape index (κ1) is 34.2. The van der Waals surface area contributed by atoms with Gasteiger partial charge in [-0.25, -0.2) is 22.5 Å². The molecule has 2 amide bonds. The van der Waals surface area contributed by atoms with Crippen molar-refractivity contribution in [2.45, 2.75) is 57.0 Å². The summed E-state index contributed by atoms with van der Waals surface area (Å²) in [7, 11) is -1.04. The molecule has 2 heterocycles. The van der Waals surface area contributed by atoms with Gasteiger partial charge < -0.3 is 14.0 Å². The summed E-state index contributed by atoms with van der Waals surface area (Å²) in [5.41, 5.74) is 2.05. The second-order valence-corrected chi connectivity index (χ2v) is 13.5. The highest BCUT2D eigenvalue weighted by atomic mass is 32.2. The van der Waals surface area contributed by atoms with Gasteiger partial charge in [-0.05, 0) is 42.2 Å². The monoisotopic (exact) mass is 671 g/mol. The van der Waals surface area contributed by atoms with Crippen LogP contribution in [0.3, 0.4) is 0 Å². The van der Waals surface area contributed by atoms with Gasteiger partial charge in [0.1, 0.15) is 23.7 Å². The van der Waals surface area contributed by atoms with Crippen molar-refractivity contribution in [1.29, 1.82) is 0 Å². The van der Waals surface area contributed by atoms with Gasteiger partial charge in [0, 0.05) is 44.3 Å². The van der Waals surface area contributed by atoms with Crippen LogP contribution in [0.4, 0.5) is 4.39 Å². The molecule has 0 radical (unpaired) electrons. The average molecular weight is 672 g/mol. The molecule has 5 aromatic rings. The standard InChI is InChI=1S/C36H38FN5O5S/c1-4-5-15-32-38-30-20-21-41(24-34(44)40(2)3)36(45)35(30)42(32)23-27-18-17-26(22-29(27)37)28-13-9-10-14-31(28)48(46,47)39-33(43)19-16-25-11-7-6-8-12-25/h6-14,17-18,20-22H,4-5,15-16,19,23-24H2,1-3H3,(H,39,43). The summed E-state index contributed by atoms with van der Waals surface area (Å²) < 4.78 is 47.7. The number of aromatic nitrogens is 3. The molecule has 0 bridgehead atoms. The molecule has 0 aliphatic heterocycles. The third kappa shape index (κ3) is 7.71. The number of unbranched alkanes of at least 4 members (excludes halogenated alkanes) is 1. The number of hydrogen-bond donors (Lipinski definition) is 1. The van der Waals surface area contributed by atoms with Crippen LogP contribution in [0.5, 0.6) is 0 Å². The van der Waals surface area contributed by atoms with Crippen LogP contribution < -0.4 is 10.3 Å². The van der Waals surface area contributed by atoms with Crippen LogP contribution in [0.25, 0.3) is 22.2 Å². The van der Waals surface area contributed by atoms with Gasteiger partial charge in [0.05, 0.1) is 17.0 Å². The quantitative estimate of drug-likeness (QED) is 0.190. The lowest BCUT2D eigenvalue weighted by Gasteiger charge is -2.14. The highest BCUT2D eigenvalue weighted by Gasteiger charge is 2.23. The summed E-state index contributed by atoms with van der Waals surface area (Å²) in [6.45, 7) is 1.90. The van der Waals surface area contributed by atoms with Crippen LogP contribution in [0.1, 0.15) is 43.1 Å². The minimum Gasteiger partial charge on any atom is -0.347 e. The lowest BCUT2D eigenvalue weighted by molar-refractivity contribution is -0.129. The van der Waals surface area contributed by atoms with E-state index in [9.17, 15) is 22.8 Å². The molecule has 0 spiro atoms. The van der Waals surface area contributed by atoms with E-state index in [-0.39, 0.29) is 47.0 Å². The fourth-order valence-electron chi connectivity index (χ4n) is 5.44. The highest BCUT2D eigenvalue weighted by molar-refractivity contribution is 7.90. The van der Waals surface area contributed by atoms with Gasteiger partial charge in [0.2, 0.25) is 11.8 Å². The molecule has 12 heteroatoms. The topological polar surface area (TPSA) is 123 Å². The first-order chi connectivity index (χ1) is 23.0. The molecule has 1 N–H and O–H groups in total. The normalized spacial score (nSPS) is 11.5. The van der Waals surface area contributed by atoms with E-state index in [0.29, 0.717) is 29.7 Å². The maximum absolute atomic E-state index is 15.9. The number of fused-ring (bicyclic) bond motifs is 1. The number of rotatable bonds is 13. The molecular weight excluding hydrogens is 633 g/mol. The molecule has 48 heavy (non-hydrogen) atoms. The van der Waals surface area contributed by atoms with E-state index >= 15 is 4.39 Å². The maximum atomic E-state index is 15.9. The van der Waals surface area contributed by atoms with Gasteiger partial charge in [0.15, 0.2) is 0 Å². The first-order valence-electron chi connectivity index (χ1n) is 15.7. The predicted octanol–water partition coefficient (Wildman–Crippen LogP) is 4.92. The minimum absolute atomic E-state index is 0.0000413. The Hall–Kier alpha value is -5.10. The first-order valence-corrected chi connectivity index (χ1v) is 17.2. The van der Waals surface area contributed by atoms with Crippen molar-refractivity contribution >= 4 is 32.9 Å². The second-order valence-electron chi connectivity index (χ2n) is 11.8. The average Bonchev–Trinajstić information content (AvgIpc) is 3.42. The van der Waals surface area contributed by atoms with Crippen LogP contribution >= 0.6 is 0 Å². The Morgan fingerprint density at radius 3 is 2.40 bits per heavy atom. The number of carbonyl (C=O) groups is 2. The zero-order chi connectivity index (χ0) is 34.4. The number of halogens is 1. The van der Waals surface area contributed by atoms with Crippen LogP contribution in [-0.4, -0.2) is 53.3 Å². The van der Waals surface area contributed by atoms with E-state index in [4.69, 9.17) is 0 Å². The number of carbonyl (C=O) groups excluding carboxylic acids is 2. The van der Waals surface area contributed by atoms with E-state index in [2.05, 4.69) is 9.71 Å². The molecular formula is C36H38FN5O5S. The van der Waals surface area contributed by atoms with E-state index < -0.39 is 27.3 Å². The number of pyridine rings is 1. The van der Waals surface area contributed by atoms with Crippen molar-refractivity contribution in [3.05, 3.63) is 118 Å². The van der Waals surface area contributed by atoms with Gasteiger partial charge >= 0.3 is 0 Å². The second kappa shape index (κ2) is 14.8. The summed E-state index contributed by atoms with van der Waals surface area (Å²) in [6.07, 6.45) is 4.18. The Kier molecular flexibility index (Phi) is 10.5. The summed E-state index contributed by atoms with van der Waals surface area (Å²) in [6, 6.07) is 21.5. The number of sulfonamides is 1. The zero-order valence-corrected chi connectivity index (χ0v) is 28.0. The molecule has 0 aliphatic carbocycles. The van der Waals surface area contributed by atoms with Gasteiger partial charge in [-0.15, -0.1) is 0 Å². The fourth-order valence-corrected chi connectivity index (χ4v) is 6.69. The lowest BCUT2D eigenvalue weighted by Crippen LogP contribution is -2.32. The number of imidazole rings is 1. The van der Waals surface area contributed by atoms with Crippen LogP contribution in [0.2, 0.25) is 0 Å². The Balaban J connectivity index is 1.44. The van der Waals surface area contributed by atoms with Crippen LogP contribution in [-0.2, 0) is 45.5 Å². The highest BCUT2D eigenvalue weighted by Crippen LogP contribution is 2.29. The van der Waals surface area contributed by atoms with Gasteiger partial charge in [-0.3, -0.25) is 14.4 Å². The Bertz CT molecular complexity index is 2120. The molecule has 10 nitrogen and oxygen atoms in total. The molecule has 0 atom stereocenters. The maximum Gasteiger partial charge on any atom is 0.277 e. The van der Waals surface area contributed by atoms with E-state index in [0.717, 1.165) is 18.4 Å². The summed E-state index contributed by atoms with van der Waals surface area (Å²) in [5, 5.41) is 0. The smallest absolute Gasteiger partial charge is 0.277 e. The number of amides is 2. The van der Waals surface area contributed by atoms with E-state index in [1.807, 2.05) is 37.3 Å². The molecule has 5 rings (SSSR count). The third-order valence-electron chi connectivity index (χ3n) is 8.11. The largest absolute Gasteiger partial charge is 0.347 e. The van der Waals surface area contributed by atoms with Crippen molar-refractivity contribution in [2.24, 2.45) is 0 Å².